The van der Waals surface area contributed by atoms with Crippen molar-refractivity contribution < 1.29 is 28.2 Å². The third-order valence-electron chi connectivity index (χ3n) is 2.73. The molecular weight excluding hydrogens is 284 g/mol. The van der Waals surface area contributed by atoms with Gasteiger partial charge in [-0.3, -0.25) is 4.79 Å². The van der Waals surface area contributed by atoms with Crippen LogP contribution in [0.5, 0.6) is 11.5 Å². The SMILES string of the molecule is CCOc1ccc(C(=O)N(CCO)CC(F)F)cc1OC. The molecule has 0 bridgehead atoms. The lowest BCUT2D eigenvalue weighted by atomic mass is 10.1. The van der Waals surface area contributed by atoms with E-state index in [1.807, 2.05) is 6.92 Å². The standard InChI is InChI=1S/C14H19F2NO4/c1-3-21-11-5-4-10(8-12(11)20-2)14(19)17(6-7-18)9-13(15)16/h4-5,8,13,18H,3,6-7,9H2,1-2H3. The van der Waals surface area contributed by atoms with Gasteiger partial charge in [0.1, 0.15) is 0 Å². The van der Waals surface area contributed by atoms with E-state index in [1.54, 1.807) is 6.07 Å². The Balaban J connectivity index is 2.98. The molecule has 1 rings (SSSR count). The first kappa shape index (κ1) is 17.2. The summed E-state index contributed by atoms with van der Waals surface area (Å²) in [5.41, 5.74) is 0.199. The van der Waals surface area contributed by atoms with Crippen LogP contribution in [-0.4, -0.2) is 55.8 Å². The van der Waals surface area contributed by atoms with Crippen LogP contribution in [0.25, 0.3) is 0 Å². The molecule has 0 spiro atoms. The number of halogens is 2. The third kappa shape index (κ3) is 4.86. The van der Waals surface area contributed by atoms with E-state index in [9.17, 15) is 13.6 Å². The zero-order valence-electron chi connectivity index (χ0n) is 12.0. The molecule has 0 aromatic heterocycles. The largest absolute Gasteiger partial charge is 0.493 e. The molecule has 118 valence electrons. The predicted molar refractivity (Wildman–Crippen MR) is 73.2 cm³/mol. The number of ether oxygens (including phenoxy) is 2. The number of carbonyl (C=O) groups excluding carboxylic acids is 1. The normalized spacial score (nSPS) is 10.6. The highest BCUT2D eigenvalue weighted by Crippen LogP contribution is 2.28. The predicted octanol–water partition coefficient (Wildman–Crippen LogP) is 1.79. The zero-order chi connectivity index (χ0) is 15.8. The van der Waals surface area contributed by atoms with E-state index in [4.69, 9.17) is 14.6 Å². The van der Waals surface area contributed by atoms with Gasteiger partial charge in [-0.25, -0.2) is 8.78 Å². The Morgan fingerprint density at radius 1 is 1.38 bits per heavy atom. The minimum absolute atomic E-state index is 0.154. The first-order chi connectivity index (χ1) is 10.0. The third-order valence-corrected chi connectivity index (χ3v) is 2.73. The van der Waals surface area contributed by atoms with E-state index in [1.165, 1.54) is 19.2 Å². The Morgan fingerprint density at radius 2 is 2.10 bits per heavy atom. The maximum Gasteiger partial charge on any atom is 0.255 e. The van der Waals surface area contributed by atoms with Crippen molar-refractivity contribution in [1.29, 1.82) is 0 Å². The average Bonchev–Trinajstić information content (AvgIpc) is 2.46. The molecule has 0 saturated heterocycles. The fourth-order valence-electron chi connectivity index (χ4n) is 1.82. The molecule has 0 unspecified atom stereocenters. The minimum atomic E-state index is -2.66. The van der Waals surface area contributed by atoms with Gasteiger partial charge in [-0.2, -0.15) is 0 Å². The van der Waals surface area contributed by atoms with Crippen molar-refractivity contribution in [3.8, 4) is 11.5 Å². The first-order valence-corrected chi connectivity index (χ1v) is 6.52. The monoisotopic (exact) mass is 303 g/mol. The van der Waals surface area contributed by atoms with Crippen LogP contribution < -0.4 is 9.47 Å². The van der Waals surface area contributed by atoms with Gasteiger partial charge in [0.25, 0.3) is 12.3 Å². The van der Waals surface area contributed by atoms with Crippen molar-refractivity contribution in [1.82, 2.24) is 4.90 Å². The van der Waals surface area contributed by atoms with Crippen molar-refractivity contribution in [3.63, 3.8) is 0 Å². The molecule has 1 aromatic carbocycles. The summed E-state index contributed by atoms with van der Waals surface area (Å²) in [5, 5.41) is 8.88. The van der Waals surface area contributed by atoms with Gasteiger partial charge in [-0.05, 0) is 25.1 Å². The van der Waals surface area contributed by atoms with Gasteiger partial charge >= 0.3 is 0 Å². The molecule has 0 saturated carbocycles. The van der Waals surface area contributed by atoms with Gasteiger partial charge < -0.3 is 19.5 Å². The second-order valence-electron chi connectivity index (χ2n) is 4.16. The van der Waals surface area contributed by atoms with Crippen molar-refractivity contribution in [2.24, 2.45) is 0 Å². The number of carbonyl (C=O) groups is 1. The van der Waals surface area contributed by atoms with Crippen molar-refractivity contribution >= 4 is 5.91 Å². The van der Waals surface area contributed by atoms with Crippen LogP contribution in [0.1, 0.15) is 17.3 Å². The molecule has 0 atom stereocenters. The molecule has 5 nitrogen and oxygen atoms in total. The van der Waals surface area contributed by atoms with Crippen LogP contribution in [0.3, 0.4) is 0 Å². The summed E-state index contributed by atoms with van der Waals surface area (Å²) in [4.78, 5) is 13.1. The molecule has 0 aliphatic heterocycles. The number of nitrogens with zero attached hydrogens (tertiary/aromatic N) is 1. The topological polar surface area (TPSA) is 59.0 Å². The van der Waals surface area contributed by atoms with Crippen molar-refractivity contribution in [2.75, 3.05) is 33.4 Å². The summed E-state index contributed by atoms with van der Waals surface area (Å²) in [5.74, 6) is 0.230. The Bertz CT molecular complexity index is 468. The number of alkyl halides is 2. The number of methoxy groups -OCH3 is 1. The van der Waals surface area contributed by atoms with Gasteiger partial charge in [0.15, 0.2) is 11.5 Å². The van der Waals surface area contributed by atoms with Gasteiger partial charge in [0.2, 0.25) is 0 Å². The van der Waals surface area contributed by atoms with Crippen LogP contribution in [-0.2, 0) is 0 Å². The lowest BCUT2D eigenvalue weighted by Gasteiger charge is -2.21. The van der Waals surface area contributed by atoms with Crippen molar-refractivity contribution in [3.05, 3.63) is 23.8 Å². The van der Waals surface area contributed by atoms with Crippen LogP contribution in [0.15, 0.2) is 18.2 Å². The van der Waals surface area contributed by atoms with Gasteiger partial charge in [0, 0.05) is 12.1 Å². The van der Waals surface area contributed by atoms with E-state index in [-0.39, 0.29) is 18.7 Å². The van der Waals surface area contributed by atoms with Crippen LogP contribution in [0.4, 0.5) is 8.78 Å². The van der Waals surface area contributed by atoms with Crippen LogP contribution in [0, 0.1) is 0 Å². The highest BCUT2D eigenvalue weighted by molar-refractivity contribution is 5.95. The maximum atomic E-state index is 12.5. The fourth-order valence-corrected chi connectivity index (χ4v) is 1.82. The summed E-state index contributed by atoms with van der Waals surface area (Å²) in [7, 11) is 1.43. The zero-order valence-corrected chi connectivity index (χ0v) is 12.0. The summed E-state index contributed by atoms with van der Waals surface area (Å²) in [6.07, 6.45) is -2.66. The van der Waals surface area contributed by atoms with E-state index in [0.29, 0.717) is 18.1 Å². The molecule has 1 N–H and O–H groups in total. The summed E-state index contributed by atoms with van der Waals surface area (Å²) in [6, 6.07) is 4.46. The highest BCUT2D eigenvalue weighted by atomic mass is 19.3. The van der Waals surface area contributed by atoms with E-state index >= 15 is 0 Å². The Kier molecular flexibility index (Phi) is 6.87. The van der Waals surface area contributed by atoms with Gasteiger partial charge in [0.05, 0.1) is 26.9 Å². The first-order valence-electron chi connectivity index (χ1n) is 6.52. The molecule has 0 aliphatic carbocycles. The second kappa shape index (κ2) is 8.41. The number of hydrogen-bond donors (Lipinski definition) is 1. The number of aliphatic hydroxyl groups is 1. The van der Waals surface area contributed by atoms with Crippen molar-refractivity contribution in [2.45, 2.75) is 13.3 Å². The number of rotatable bonds is 8. The number of hydrogen-bond acceptors (Lipinski definition) is 4. The smallest absolute Gasteiger partial charge is 0.255 e. The van der Waals surface area contributed by atoms with Crippen LogP contribution in [0.2, 0.25) is 0 Å². The molecule has 0 fully saturated rings. The molecule has 0 radical (unpaired) electrons. The average molecular weight is 303 g/mol. The molecule has 7 heteroatoms. The second-order valence-corrected chi connectivity index (χ2v) is 4.16. The lowest BCUT2D eigenvalue weighted by Crippen LogP contribution is -2.37. The molecule has 0 aliphatic rings. The molecule has 21 heavy (non-hydrogen) atoms. The number of benzene rings is 1. The summed E-state index contributed by atoms with van der Waals surface area (Å²) >= 11 is 0. The Morgan fingerprint density at radius 3 is 2.62 bits per heavy atom. The molecular formula is C14H19F2NO4. The fraction of sp³-hybridized carbons (Fsp3) is 0.500. The molecule has 0 heterocycles. The van der Waals surface area contributed by atoms with E-state index in [2.05, 4.69) is 0 Å². The summed E-state index contributed by atoms with van der Waals surface area (Å²) in [6.45, 7) is 0.982. The van der Waals surface area contributed by atoms with E-state index < -0.39 is 18.9 Å². The highest BCUT2D eigenvalue weighted by Gasteiger charge is 2.20. The van der Waals surface area contributed by atoms with Crippen LogP contribution >= 0.6 is 0 Å². The number of aliphatic hydroxyl groups excluding tert-OH is 1. The van der Waals surface area contributed by atoms with E-state index in [0.717, 1.165) is 4.90 Å². The Hall–Kier alpha value is -1.89. The minimum Gasteiger partial charge on any atom is -0.493 e. The Labute approximate surface area is 122 Å². The maximum absolute atomic E-state index is 12.5. The van der Waals surface area contributed by atoms with Gasteiger partial charge in [-0.15, -0.1) is 0 Å². The summed E-state index contributed by atoms with van der Waals surface area (Å²) < 4.78 is 35.4. The number of amides is 1. The molecule has 1 aromatic rings. The lowest BCUT2D eigenvalue weighted by molar-refractivity contribution is 0.0509. The molecule has 1 amide bonds. The quantitative estimate of drug-likeness (QED) is 0.795. The van der Waals surface area contributed by atoms with Gasteiger partial charge in [-0.1, -0.05) is 0 Å².